The van der Waals surface area contributed by atoms with Gasteiger partial charge in [0, 0.05) is 13.1 Å². The lowest BCUT2D eigenvalue weighted by molar-refractivity contribution is -0.109. The van der Waals surface area contributed by atoms with E-state index in [4.69, 9.17) is 9.57 Å². The monoisotopic (exact) mass is 186 g/mol. The first-order chi connectivity index (χ1) is 6.31. The van der Waals surface area contributed by atoms with Crippen LogP contribution < -0.4 is 0 Å². The van der Waals surface area contributed by atoms with Gasteiger partial charge in [-0.25, -0.2) is 9.86 Å². The Morgan fingerprint density at radius 3 is 2.92 bits per heavy atom. The Morgan fingerprint density at radius 2 is 2.38 bits per heavy atom. The van der Waals surface area contributed by atoms with Crippen molar-refractivity contribution in [2.24, 2.45) is 0 Å². The molecule has 2 aliphatic rings. The van der Waals surface area contributed by atoms with Gasteiger partial charge in [-0.15, -0.1) is 0 Å². The summed E-state index contributed by atoms with van der Waals surface area (Å²) in [5, 5.41) is 1.42. The third kappa shape index (κ3) is 1.92. The van der Waals surface area contributed by atoms with Crippen LogP contribution in [-0.4, -0.2) is 54.9 Å². The zero-order valence-electron chi connectivity index (χ0n) is 7.73. The van der Waals surface area contributed by atoms with Crippen molar-refractivity contribution in [3.8, 4) is 0 Å². The zero-order chi connectivity index (χ0) is 9.26. The Kier molecular flexibility index (Phi) is 2.37. The number of likely N-dealkylation sites (N-methyl/N-ethyl adjacent to an activating group) is 1. The number of ether oxygens (including phenoxy) is 1. The van der Waals surface area contributed by atoms with Crippen molar-refractivity contribution < 1.29 is 14.4 Å². The highest BCUT2D eigenvalue weighted by molar-refractivity contribution is 5.75. The average molecular weight is 186 g/mol. The normalized spacial score (nSPS) is 27.2. The number of epoxide rings is 1. The van der Waals surface area contributed by atoms with Crippen LogP contribution in [0.15, 0.2) is 0 Å². The van der Waals surface area contributed by atoms with Crippen LogP contribution in [0.25, 0.3) is 0 Å². The van der Waals surface area contributed by atoms with E-state index in [1.165, 1.54) is 5.06 Å². The predicted molar refractivity (Wildman–Crippen MR) is 45.0 cm³/mol. The Bertz CT molecular complexity index is 206. The van der Waals surface area contributed by atoms with Crippen molar-refractivity contribution in [3.63, 3.8) is 0 Å². The Morgan fingerprint density at radius 1 is 1.62 bits per heavy atom. The topological polar surface area (TPSA) is 45.3 Å². The van der Waals surface area contributed by atoms with E-state index in [-0.39, 0.29) is 12.1 Å². The third-order valence-corrected chi connectivity index (χ3v) is 2.26. The van der Waals surface area contributed by atoms with Crippen molar-refractivity contribution in [3.05, 3.63) is 0 Å². The lowest BCUT2D eigenvalue weighted by Gasteiger charge is -2.15. The van der Waals surface area contributed by atoms with Crippen molar-refractivity contribution in [2.45, 2.75) is 13.0 Å². The summed E-state index contributed by atoms with van der Waals surface area (Å²) in [7, 11) is 0. The molecular formula is C8H14N2O3. The van der Waals surface area contributed by atoms with E-state index in [0.29, 0.717) is 13.2 Å². The molecular weight excluding hydrogens is 172 g/mol. The average Bonchev–Trinajstić information content (AvgIpc) is 2.89. The molecule has 2 heterocycles. The van der Waals surface area contributed by atoms with E-state index in [1.807, 2.05) is 6.92 Å². The summed E-state index contributed by atoms with van der Waals surface area (Å²) in [6.07, 6.45) is 0.212. The van der Waals surface area contributed by atoms with E-state index in [1.54, 1.807) is 4.90 Å². The molecule has 13 heavy (non-hydrogen) atoms. The molecule has 2 amide bonds. The Balaban J connectivity index is 1.76. The number of carbonyl (C=O) groups is 1. The molecule has 0 bridgehead atoms. The molecule has 0 spiro atoms. The maximum absolute atomic E-state index is 11.5. The predicted octanol–water partition coefficient (Wildman–Crippen LogP) is 0.0743. The summed E-state index contributed by atoms with van der Waals surface area (Å²) in [6, 6.07) is -0.0249. The van der Waals surface area contributed by atoms with Gasteiger partial charge in [-0.1, -0.05) is 0 Å². The van der Waals surface area contributed by atoms with E-state index >= 15 is 0 Å². The highest BCUT2D eigenvalue weighted by Crippen LogP contribution is 2.13. The number of urea groups is 1. The van der Waals surface area contributed by atoms with E-state index in [0.717, 1.165) is 19.7 Å². The quantitative estimate of drug-likeness (QED) is 0.584. The van der Waals surface area contributed by atoms with Gasteiger partial charge in [-0.3, -0.25) is 4.84 Å². The molecule has 2 saturated heterocycles. The molecule has 5 nitrogen and oxygen atoms in total. The summed E-state index contributed by atoms with van der Waals surface area (Å²) in [5.41, 5.74) is 0. The fourth-order valence-corrected chi connectivity index (χ4v) is 1.31. The van der Waals surface area contributed by atoms with Gasteiger partial charge in [-0.05, 0) is 6.92 Å². The summed E-state index contributed by atoms with van der Waals surface area (Å²) in [6.45, 7) is 5.41. The molecule has 0 aromatic rings. The van der Waals surface area contributed by atoms with E-state index in [2.05, 4.69) is 0 Å². The Labute approximate surface area is 77.1 Å². The lowest BCUT2D eigenvalue weighted by Crippen LogP contribution is -2.32. The minimum atomic E-state index is -0.0249. The summed E-state index contributed by atoms with van der Waals surface area (Å²) in [4.78, 5) is 18.5. The van der Waals surface area contributed by atoms with Crippen LogP contribution in [0.3, 0.4) is 0 Å². The van der Waals surface area contributed by atoms with Crippen molar-refractivity contribution in [1.29, 1.82) is 0 Å². The standard InChI is InChI=1S/C8H14N2O3/c1-2-9-3-4-10(8(9)11)13-6-7-5-12-7/h7H,2-6H2,1H3. The molecule has 0 N–H and O–H groups in total. The molecule has 0 aromatic carbocycles. The number of hydrogen-bond acceptors (Lipinski definition) is 3. The second-order valence-electron chi connectivity index (χ2n) is 3.22. The van der Waals surface area contributed by atoms with Gasteiger partial charge in [0.25, 0.3) is 0 Å². The SMILES string of the molecule is CCN1CCN(OCC2CO2)C1=O. The van der Waals surface area contributed by atoms with Gasteiger partial charge in [0.1, 0.15) is 12.7 Å². The van der Waals surface area contributed by atoms with Gasteiger partial charge in [0.15, 0.2) is 0 Å². The van der Waals surface area contributed by atoms with Gasteiger partial charge in [0.2, 0.25) is 0 Å². The smallest absolute Gasteiger partial charge is 0.344 e. The molecule has 5 heteroatoms. The molecule has 0 radical (unpaired) electrons. The van der Waals surface area contributed by atoms with E-state index in [9.17, 15) is 4.79 Å². The highest BCUT2D eigenvalue weighted by atomic mass is 16.7. The maximum atomic E-state index is 11.5. The summed E-state index contributed by atoms with van der Waals surface area (Å²) in [5.74, 6) is 0. The van der Waals surface area contributed by atoms with Crippen molar-refractivity contribution in [2.75, 3.05) is 32.8 Å². The van der Waals surface area contributed by atoms with Gasteiger partial charge in [-0.2, -0.15) is 0 Å². The van der Waals surface area contributed by atoms with Crippen LogP contribution in [0.4, 0.5) is 4.79 Å². The lowest BCUT2D eigenvalue weighted by atomic mass is 10.5. The van der Waals surface area contributed by atoms with Crippen molar-refractivity contribution >= 4 is 6.03 Å². The van der Waals surface area contributed by atoms with Gasteiger partial charge >= 0.3 is 6.03 Å². The number of carbonyl (C=O) groups excluding carboxylic acids is 1. The van der Waals surface area contributed by atoms with Crippen LogP contribution >= 0.6 is 0 Å². The Hall–Kier alpha value is -0.810. The van der Waals surface area contributed by atoms with Crippen LogP contribution in [0.1, 0.15) is 6.92 Å². The first-order valence-electron chi connectivity index (χ1n) is 4.62. The van der Waals surface area contributed by atoms with Crippen LogP contribution in [-0.2, 0) is 9.57 Å². The minimum Gasteiger partial charge on any atom is -0.371 e. The molecule has 1 atom stereocenters. The largest absolute Gasteiger partial charge is 0.371 e. The minimum absolute atomic E-state index is 0.0249. The van der Waals surface area contributed by atoms with Gasteiger partial charge < -0.3 is 9.64 Å². The first-order valence-corrected chi connectivity index (χ1v) is 4.62. The second kappa shape index (κ2) is 3.51. The summed E-state index contributed by atoms with van der Waals surface area (Å²) < 4.78 is 4.98. The highest BCUT2D eigenvalue weighted by Gasteiger charge is 2.31. The second-order valence-corrected chi connectivity index (χ2v) is 3.22. The molecule has 2 aliphatic heterocycles. The van der Waals surface area contributed by atoms with Crippen LogP contribution in [0.5, 0.6) is 0 Å². The fraction of sp³-hybridized carbons (Fsp3) is 0.875. The number of rotatable bonds is 4. The molecule has 2 rings (SSSR count). The summed E-state index contributed by atoms with van der Waals surface area (Å²) >= 11 is 0. The molecule has 2 fully saturated rings. The number of amides is 2. The molecule has 0 saturated carbocycles. The van der Waals surface area contributed by atoms with Crippen LogP contribution in [0.2, 0.25) is 0 Å². The number of nitrogens with zero attached hydrogens (tertiary/aromatic N) is 2. The zero-order valence-corrected chi connectivity index (χ0v) is 7.73. The molecule has 1 unspecified atom stereocenters. The molecule has 0 aromatic heterocycles. The van der Waals surface area contributed by atoms with Crippen molar-refractivity contribution in [1.82, 2.24) is 9.96 Å². The molecule has 0 aliphatic carbocycles. The maximum Gasteiger partial charge on any atom is 0.344 e. The molecule has 74 valence electrons. The first kappa shape index (κ1) is 8.77. The van der Waals surface area contributed by atoms with Gasteiger partial charge in [0.05, 0.1) is 13.2 Å². The van der Waals surface area contributed by atoms with E-state index < -0.39 is 0 Å². The number of hydrogen-bond donors (Lipinski definition) is 0. The number of hydroxylamine groups is 2. The fourth-order valence-electron chi connectivity index (χ4n) is 1.31. The third-order valence-electron chi connectivity index (χ3n) is 2.26. The van der Waals surface area contributed by atoms with Crippen LogP contribution in [0, 0.1) is 0 Å².